The highest BCUT2D eigenvalue weighted by molar-refractivity contribution is 5.98. The van der Waals surface area contributed by atoms with Gasteiger partial charge in [-0.1, -0.05) is 12.1 Å². The molecule has 0 bridgehead atoms. The molecule has 0 atom stereocenters. The van der Waals surface area contributed by atoms with E-state index in [2.05, 4.69) is 10.9 Å². The number of ether oxygens (including phenoxy) is 3. The van der Waals surface area contributed by atoms with Crippen LogP contribution in [0.4, 0.5) is 0 Å². The van der Waals surface area contributed by atoms with Crippen LogP contribution in [0.2, 0.25) is 0 Å². The van der Waals surface area contributed by atoms with Crippen molar-refractivity contribution in [2.75, 3.05) is 20.8 Å². The van der Waals surface area contributed by atoms with Crippen LogP contribution in [0, 0.1) is 0 Å². The zero-order valence-electron chi connectivity index (χ0n) is 18.6. The molecule has 2 aromatic carbocycles. The summed E-state index contributed by atoms with van der Waals surface area (Å²) in [7, 11) is 2.91. The topological polar surface area (TPSA) is 120 Å². The van der Waals surface area contributed by atoms with Crippen molar-refractivity contribution in [1.82, 2.24) is 10.9 Å². The van der Waals surface area contributed by atoms with Crippen LogP contribution in [0.3, 0.4) is 0 Å². The van der Waals surface area contributed by atoms with Crippen LogP contribution in [0.25, 0.3) is 0 Å². The Bertz CT molecular complexity index is 1060. The summed E-state index contributed by atoms with van der Waals surface area (Å²) in [4.78, 5) is 48.3. The number of hydrazine groups is 1. The Kier molecular flexibility index (Phi) is 8.01. The second kappa shape index (κ2) is 11.1. The second-order valence-electron chi connectivity index (χ2n) is 7.49. The van der Waals surface area contributed by atoms with Crippen LogP contribution in [0.1, 0.15) is 51.1 Å². The fourth-order valence-corrected chi connectivity index (χ4v) is 3.54. The molecule has 174 valence electrons. The van der Waals surface area contributed by atoms with Crippen LogP contribution >= 0.6 is 0 Å². The van der Waals surface area contributed by atoms with Gasteiger partial charge in [-0.2, -0.15) is 0 Å². The number of fused-ring (bicyclic) bond motifs is 1. The molecule has 1 aliphatic rings. The molecule has 0 aromatic heterocycles. The van der Waals surface area contributed by atoms with Crippen molar-refractivity contribution in [3.63, 3.8) is 0 Å². The number of Topliss-reactive ketones (excluding diaryl/α,β-unsaturated/α-hetero) is 1. The van der Waals surface area contributed by atoms with E-state index in [9.17, 15) is 19.2 Å². The third-order valence-corrected chi connectivity index (χ3v) is 5.30. The number of benzene rings is 2. The van der Waals surface area contributed by atoms with Gasteiger partial charge in [0.2, 0.25) is 0 Å². The molecule has 0 radical (unpaired) electrons. The normalized spacial score (nSPS) is 11.8. The van der Waals surface area contributed by atoms with Crippen LogP contribution in [-0.2, 0) is 27.2 Å². The average Bonchev–Trinajstić information content (AvgIpc) is 3.31. The Morgan fingerprint density at radius 2 is 1.55 bits per heavy atom. The van der Waals surface area contributed by atoms with Crippen molar-refractivity contribution < 1.29 is 33.4 Å². The summed E-state index contributed by atoms with van der Waals surface area (Å²) in [5, 5.41) is 0. The monoisotopic (exact) mass is 454 g/mol. The molecule has 0 aliphatic heterocycles. The summed E-state index contributed by atoms with van der Waals surface area (Å²) in [5.74, 6) is -1.31. The molecule has 9 heteroatoms. The van der Waals surface area contributed by atoms with Crippen molar-refractivity contribution in [2.45, 2.75) is 32.1 Å². The molecule has 0 saturated carbocycles. The maximum Gasteiger partial charge on any atom is 0.306 e. The van der Waals surface area contributed by atoms with Crippen molar-refractivity contribution >= 4 is 23.6 Å². The fraction of sp³-hybridized carbons (Fsp3) is 0.333. The van der Waals surface area contributed by atoms with Gasteiger partial charge in [0.15, 0.2) is 23.9 Å². The van der Waals surface area contributed by atoms with Crippen LogP contribution in [-0.4, -0.2) is 44.4 Å². The maximum absolute atomic E-state index is 12.3. The molecule has 0 unspecified atom stereocenters. The van der Waals surface area contributed by atoms with Crippen molar-refractivity contribution in [3.05, 3.63) is 58.7 Å². The largest absolute Gasteiger partial charge is 0.493 e. The minimum Gasteiger partial charge on any atom is -0.493 e. The standard InChI is InChI=1S/C24H26N2O7/c1-31-20-10-8-18(13-21(20)32-2)24(30)26-25-22(28)14-33-23(29)11-9-19(27)17-7-6-15-4-3-5-16(15)12-17/h6-8,10,12-13H,3-5,9,11,14H2,1-2H3,(H,25,28)(H,26,30). The molecule has 0 spiro atoms. The summed E-state index contributed by atoms with van der Waals surface area (Å²) in [6.07, 6.45) is 2.95. The van der Waals surface area contributed by atoms with Gasteiger partial charge < -0.3 is 14.2 Å². The summed E-state index contributed by atoms with van der Waals surface area (Å²) in [5.41, 5.74) is 7.66. The van der Waals surface area contributed by atoms with E-state index in [1.54, 1.807) is 12.1 Å². The molecule has 2 aromatic rings. The number of nitrogens with one attached hydrogen (secondary N) is 2. The summed E-state index contributed by atoms with van der Waals surface area (Å²) < 4.78 is 15.1. The Morgan fingerprint density at radius 3 is 2.30 bits per heavy atom. The minimum atomic E-state index is -0.720. The Hall–Kier alpha value is -3.88. The third-order valence-electron chi connectivity index (χ3n) is 5.30. The number of carbonyl (C=O) groups excluding carboxylic acids is 4. The van der Waals surface area contributed by atoms with E-state index in [1.165, 1.54) is 37.5 Å². The predicted molar refractivity (Wildman–Crippen MR) is 118 cm³/mol. The van der Waals surface area contributed by atoms with E-state index in [0.29, 0.717) is 17.1 Å². The van der Waals surface area contributed by atoms with E-state index in [-0.39, 0.29) is 24.2 Å². The number of ketones is 1. The highest BCUT2D eigenvalue weighted by atomic mass is 16.5. The highest BCUT2D eigenvalue weighted by Crippen LogP contribution is 2.27. The van der Waals surface area contributed by atoms with E-state index in [0.717, 1.165) is 19.3 Å². The molecule has 9 nitrogen and oxygen atoms in total. The van der Waals surface area contributed by atoms with Crippen molar-refractivity contribution in [2.24, 2.45) is 0 Å². The predicted octanol–water partition coefficient (Wildman–Crippen LogP) is 2.16. The molecular weight excluding hydrogens is 428 g/mol. The van der Waals surface area contributed by atoms with Crippen molar-refractivity contribution in [1.29, 1.82) is 0 Å². The van der Waals surface area contributed by atoms with Crippen molar-refractivity contribution in [3.8, 4) is 11.5 Å². The van der Waals surface area contributed by atoms with Gasteiger partial charge in [0.05, 0.1) is 20.6 Å². The first kappa shape index (κ1) is 23.8. The second-order valence-corrected chi connectivity index (χ2v) is 7.49. The first-order valence-electron chi connectivity index (χ1n) is 10.5. The smallest absolute Gasteiger partial charge is 0.306 e. The lowest BCUT2D eigenvalue weighted by molar-refractivity contribution is -0.148. The van der Waals surface area contributed by atoms with E-state index in [1.807, 2.05) is 12.1 Å². The quantitative estimate of drug-likeness (QED) is 0.338. The molecule has 0 fully saturated rings. The van der Waals surface area contributed by atoms with E-state index in [4.69, 9.17) is 14.2 Å². The first-order chi connectivity index (χ1) is 15.9. The number of hydrogen-bond donors (Lipinski definition) is 2. The number of rotatable bonds is 9. The summed E-state index contributed by atoms with van der Waals surface area (Å²) in [6.45, 7) is -0.585. The Labute approximate surface area is 191 Å². The minimum absolute atomic E-state index is 0.00469. The number of esters is 1. The molecule has 0 heterocycles. The third kappa shape index (κ3) is 6.31. The molecule has 2 amide bonds. The van der Waals surface area contributed by atoms with Gasteiger partial charge >= 0.3 is 5.97 Å². The first-order valence-corrected chi connectivity index (χ1v) is 10.5. The van der Waals surface area contributed by atoms with Gasteiger partial charge in [-0.05, 0) is 54.7 Å². The van der Waals surface area contributed by atoms with Gasteiger partial charge in [-0.15, -0.1) is 0 Å². The van der Waals surface area contributed by atoms with Gasteiger partial charge in [-0.3, -0.25) is 30.0 Å². The molecular formula is C24H26N2O7. The lowest BCUT2D eigenvalue weighted by Gasteiger charge is -2.11. The lowest BCUT2D eigenvalue weighted by Crippen LogP contribution is -2.43. The van der Waals surface area contributed by atoms with E-state index < -0.39 is 24.4 Å². The number of carbonyl (C=O) groups is 4. The summed E-state index contributed by atoms with van der Waals surface area (Å²) in [6, 6.07) is 10.2. The number of methoxy groups -OCH3 is 2. The molecule has 2 N–H and O–H groups in total. The van der Waals surface area contributed by atoms with Gasteiger partial charge in [0.1, 0.15) is 0 Å². The fourth-order valence-electron chi connectivity index (χ4n) is 3.54. The summed E-state index contributed by atoms with van der Waals surface area (Å²) >= 11 is 0. The van der Waals surface area contributed by atoms with Crippen LogP contribution < -0.4 is 20.3 Å². The van der Waals surface area contributed by atoms with Gasteiger partial charge in [0, 0.05) is 17.5 Å². The SMILES string of the molecule is COc1ccc(C(=O)NNC(=O)COC(=O)CCC(=O)c2ccc3c(c2)CCC3)cc1OC. The molecule has 1 aliphatic carbocycles. The van der Waals surface area contributed by atoms with Gasteiger partial charge in [0.25, 0.3) is 11.8 Å². The Balaban J connectivity index is 1.38. The lowest BCUT2D eigenvalue weighted by atomic mass is 10.0. The highest BCUT2D eigenvalue weighted by Gasteiger charge is 2.16. The van der Waals surface area contributed by atoms with E-state index >= 15 is 0 Å². The van der Waals surface area contributed by atoms with Gasteiger partial charge in [-0.25, -0.2) is 0 Å². The molecule has 3 rings (SSSR count). The maximum atomic E-state index is 12.3. The zero-order valence-corrected chi connectivity index (χ0v) is 18.6. The molecule has 33 heavy (non-hydrogen) atoms. The molecule has 0 saturated heterocycles. The zero-order chi connectivity index (χ0) is 23.8. The number of hydrogen-bond acceptors (Lipinski definition) is 7. The number of amides is 2. The van der Waals surface area contributed by atoms with Crippen LogP contribution in [0.15, 0.2) is 36.4 Å². The van der Waals surface area contributed by atoms with Crippen LogP contribution in [0.5, 0.6) is 11.5 Å². The Morgan fingerprint density at radius 1 is 0.818 bits per heavy atom. The average molecular weight is 454 g/mol. The number of aryl methyl sites for hydroxylation is 2.